The van der Waals surface area contributed by atoms with Crippen molar-refractivity contribution in [2.75, 3.05) is 18.4 Å². The molecular weight excluding hydrogens is 284 g/mol. The number of anilines is 1. The number of carbonyl (C=O) groups excluding carboxylic acids is 1. The second-order valence-electron chi connectivity index (χ2n) is 5.94. The van der Waals surface area contributed by atoms with Crippen molar-refractivity contribution in [2.24, 2.45) is 11.8 Å². The number of piperidine rings is 1. The molecule has 2 atom stereocenters. The fraction of sp³-hybridized carbons (Fsp3) is 0.800. The SMILES string of the molecule is CCCCc1nnc(NC(=O)CC(C)C2CCCNC2)s1. The molecule has 1 fully saturated rings. The van der Waals surface area contributed by atoms with Crippen molar-refractivity contribution in [1.29, 1.82) is 0 Å². The third-order valence-corrected chi connectivity index (χ3v) is 5.00. The van der Waals surface area contributed by atoms with Gasteiger partial charge in [-0.25, -0.2) is 0 Å². The third kappa shape index (κ3) is 5.36. The van der Waals surface area contributed by atoms with Crippen molar-refractivity contribution < 1.29 is 4.79 Å². The van der Waals surface area contributed by atoms with Gasteiger partial charge in [0.15, 0.2) is 0 Å². The second kappa shape index (κ2) is 8.44. The fourth-order valence-corrected chi connectivity index (χ4v) is 3.52. The number of hydrogen-bond donors (Lipinski definition) is 2. The molecule has 0 bridgehead atoms. The van der Waals surface area contributed by atoms with Gasteiger partial charge in [-0.2, -0.15) is 0 Å². The van der Waals surface area contributed by atoms with Crippen LogP contribution in [0.5, 0.6) is 0 Å². The molecule has 21 heavy (non-hydrogen) atoms. The standard InChI is InChI=1S/C15H26N4OS/c1-3-4-7-14-18-19-15(21-14)17-13(20)9-11(2)12-6-5-8-16-10-12/h11-12,16H,3-10H2,1-2H3,(H,17,19,20). The molecule has 2 rings (SSSR count). The Morgan fingerprint density at radius 1 is 1.52 bits per heavy atom. The first-order chi connectivity index (χ1) is 10.2. The van der Waals surface area contributed by atoms with E-state index < -0.39 is 0 Å². The van der Waals surface area contributed by atoms with E-state index in [1.165, 1.54) is 24.2 Å². The Labute approximate surface area is 130 Å². The first kappa shape index (κ1) is 16.4. The van der Waals surface area contributed by atoms with Crippen molar-refractivity contribution in [3.8, 4) is 0 Å². The number of aryl methyl sites for hydroxylation is 1. The Morgan fingerprint density at radius 3 is 3.10 bits per heavy atom. The highest BCUT2D eigenvalue weighted by Crippen LogP contribution is 2.23. The van der Waals surface area contributed by atoms with E-state index in [4.69, 9.17) is 0 Å². The fourth-order valence-electron chi connectivity index (χ4n) is 2.73. The minimum absolute atomic E-state index is 0.0614. The van der Waals surface area contributed by atoms with Crippen molar-refractivity contribution in [3.05, 3.63) is 5.01 Å². The minimum atomic E-state index is 0.0614. The lowest BCUT2D eigenvalue weighted by Crippen LogP contribution is -2.34. The van der Waals surface area contributed by atoms with Crippen molar-refractivity contribution in [2.45, 2.75) is 52.4 Å². The van der Waals surface area contributed by atoms with Crippen molar-refractivity contribution in [1.82, 2.24) is 15.5 Å². The van der Waals surface area contributed by atoms with Gasteiger partial charge in [-0.3, -0.25) is 4.79 Å². The third-order valence-electron chi connectivity index (χ3n) is 4.10. The van der Waals surface area contributed by atoms with Crippen LogP contribution in [-0.4, -0.2) is 29.2 Å². The summed E-state index contributed by atoms with van der Waals surface area (Å²) >= 11 is 1.50. The summed E-state index contributed by atoms with van der Waals surface area (Å²) in [7, 11) is 0. The van der Waals surface area contributed by atoms with Gasteiger partial charge in [0.2, 0.25) is 11.0 Å². The number of unbranched alkanes of at least 4 members (excludes halogenated alkanes) is 1. The van der Waals surface area contributed by atoms with Crippen LogP contribution < -0.4 is 10.6 Å². The zero-order valence-electron chi connectivity index (χ0n) is 13.0. The number of carbonyl (C=O) groups is 1. The highest BCUT2D eigenvalue weighted by molar-refractivity contribution is 7.15. The lowest BCUT2D eigenvalue weighted by atomic mass is 9.85. The number of nitrogens with zero attached hydrogens (tertiary/aromatic N) is 2. The first-order valence-corrected chi connectivity index (χ1v) is 8.83. The molecule has 2 heterocycles. The van der Waals surface area contributed by atoms with E-state index in [0.29, 0.717) is 23.4 Å². The van der Waals surface area contributed by atoms with E-state index in [-0.39, 0.29) is 5.91 Å². The molecule has 1 aliphatic heterocycles. The van der Waals surface area contributed by atoms with Gasteiger partial charge in [0.05, 0.1) is 0 Å². The number of aromatic nitrogens is 2. The summed E-state index contributed by atoms with van der Waals surface area (Å²) in [6.07, 6.45) is 6.22. The molecule has 1 aromatic rings. The van der Waals surface area contributed by atoms with Gasteiger partial charge in [-0.15, -0.1) is 10.2 Å². The lowest BCUT2D eigenvalue weighted by Gasteiger charge is -2.27. The van der Waals surface area contributed by atoms with Crippen LogP contribution in [0.25, 0.3) is 0 Å². The highest BCUT2D eigenvalue weighted by Gasteiger charge is 2.22. The van der Waals surface area contributed by atoms with Gasteiger partial charge in [0.1, 0.15) is 5.01 Å². The molecule has 2 N–H and O–H groups in total. The smallest absolute Gasteiger partial charge is 0.226 e. The molecule has 0 aromatic carbocycles. The largest absolute Gasteiger partial charge is 0.316 e. The Kier molecular flexibility index (Phi) is 6.57. The van der Waals surface area contributed by atoms with Crippen molar-refractivity contribution in [3.63, 3.8) is 0 Å². The average Bonchev–Trinajstić information content (AvgIpc) is 2.93. The molecule has 0 radical (unpaired) electrons. The maximum Gasteiger partial charge on any atom is 0.226 e. The number of hydrogen-bond acceptors (Lipinski definition) is 5. The topological polar surface area (TPSA) is 66.9 Å². The molecular formula is C15H26N4OS. The van der Waals surface area contributed by atoms with Crippen LogP contribution in [0.3, 0.4) is 0 Å². The Balaban J connectivity index is 1.76. The average molecular weight is 310 g/mol. The van der Waals surface area contributed by atoms with Crippen LogP contribution in [0.1, 0.15) is 51.0 Å². The van der Waals surface area contributed by atoms with Crippen LogP contribution in [0.2, 0.25) is 0 Å². The Bertz CT molecular complexity index is 443. The molecule has 5 nitrogen and oxygen atoms in total. The Hall–Kier alpha value is -1.01. The summed E-state index contributed by atoms with van der Waals surface area (Å²) in [6.45, 7) is 6.48. The molecule has 6 heteroatoms. The summed E-state index contributed by atoms with van der Waals surface area (Å²) in [4.78, 5) is 12.1. The minimum Gasteiger partial charge on any atom is -0.316 e. The maximum atomic E-state index is 12.1. The quantitative estimate of drug-likeness (QED) is 0.812. The highest BCUT2D eigenvalue weighted by atomic mass is 32.1. The molecule has 1 aromatic heterocycles. The maximum absolute atomic E-state index is 12.1. The van der Waals surface area contributed by atoms with Gasteiger partial charge in [-0.05, 0) is 44.2 Å². The summed E-state index contributed by atoms with van der Waals surface area (Å²) < 4.78 is 0. The number of nitrogens with one attached hydrogen (secondary N) is 2. The monoisotopic (exact) mass is 310 g/mol. The molecule has 1 saturated heterocycles. The van der Waals surface area contributed by atoms with E-state index in [2.05, 4.69) is 34.7 Å². The molecule has 0 spiro atoms. The van der Waals surface area contributed by atoms with Gasteiger partial charge in [0, 0.05) is 12.8 Å². The van der Waals surface area contributed by atoms with E-state index in [0.717, 1.165) is 37.4 Å². The number of amides is 1. The zero-order valence-corrected chi connectivity index (χ0v) is 13.8. The summed E-state index contributed by atoms with van der Waals surface area (Å²) in [5.41, 5.74) is 0. The molecule has 118 valence electrons. The summed E-state index contributed by atoms with van der Waals surface area (Å²) in [5.74, 6) is 1.08. The van der Waals surface area contributed by atoms with E-state index >= 15 is 0 Å². The number of rotatable bonds is 7. The van der Waals surface area contributed by atoms with Gasteiger partial charge in [0.25, 0.3) is 0 Å². The van der Waals surface area contributed by atoms with Gasteiger partial charge in [-0.1, -0.05) is 31.6 Å². The van der Waals surface area contributed by atoms with Crippen LogP contribution in [0.15, 0.2) is 0 Å². The second-order valence-corrected chi connectivity index (χ2v) is 7.00. The van der Waals surface area contributed by atoms with Crippen LogP contribution in [0, 0.1) is 11.8 Å². The van der Waals surface area contributed by atoms with Crippen molar-refractivity contribution >= 4 is 22.4 Å². The Morgan fingerprint density at radius 2 is 2.38 bits per heavy atom. The molecule has 1 aliphatic rings. The summed E-state index contributed by atoms with van der Waals surface area (Å²) in [6, 6.07) is 0. The zero-order chi connectivity index (χ0) is 15.1. The van der Waals surface area contributed by atoms with Crippen LogP contribution >= 0.6 is 11.3 Å². The van der Waals surface area contributed by atoms with Crippen LogP contribution in [-0.2, 0) is 11.2 Å². The molecule has 1 amide bonds. The predicted molar refractivity (Wildman–Crippen MR) is 86.5 cm³/mol. The molecule has 2 unspecified atom stereocenters. The van der Waals surface area contributed by atoms with E-state index in [1.54, 1.807) is 0 Å². The van der Waals surface area contributed by atoms with E-state index in [1.807, 2.05) is 0 Å². The van der Waals surface area contributed by atoms with E-state index in [9.17, 15) is 4.79 Å². The van der Waals surface area contributed by atoms with Crippen LogP contribution in [0.4, 0.5) is 5.13 Å². The van der Waals surface area contributed by atoms with Gasteiger partial charge < -0.3 is 10.6 Å². The first-order valence-electron chi connectivity index (χ1n) is 8.02. The van der Waals surface area contributed by atoms with Gasteiger partial charge >= 0.3 is 0 Å². The lowest BCUT2D eigenvalue weighted by molar-refractivity contribution is -0.117. The normalized spacial score (nSPS) is 20.2. The predicted octanol–water partition coefficient (Wildman–Crippen LogP) is 2.85. The molecule has 0 aliphatic carbocycles. The molecule has 0 saturated carbocycles. The summed E-state index contributed by atoms with van der Waals surface area (Å²) in [5, 5.41) is 16.1.